The minimum absolute atomic E-state index is 0.173. The van der Waals surface area contributed by atoms with Crippen molar-refractivity contribution in [3.8, 4) is 11.5 Å². The van der Waals surface area contributed by atoms with Gasteiger partial charge in [0.1, 0.15) is 0 Å². The van der Waals surface area contributed by atoms with Crippen LogP contribution in [0.25, 0.3) is 0 Å². The summed E-state index contributed by atoms with van der Waals surface area (Å²) in [5, 5.41) is 3.39. The minimum Gasteiger partial charge on any atom is -0.493 e. The van der Waals surface area contributed by atoms with Crippen molar-refractivity contribution in [1.29, 1.82) is 0 Å². The summed E-state index contributed by atoms with van der Waals surface area (Å²) < 4.78 is 11.0. The second-order valence-electron chi connectivity index (χ2n) is 5.65. The maximum absolute atomic E-state index is 5.59. The number of nitrogens with one attached hydrogen (secondary N) is 1. The molecule has 1 unspecified atom stereocenters. The minimum atomic E-state index is 0.173. The Morgan fingerprint density at radius 3 is 2.44 bits per heavy atom. The zero-order valence-electron chi connectivity index (χ0n) is 12.2. The topological polar surface area (TPSA) is 30.5 Å². The molecule has 1 atom stereocenters. The molecule has 0 saturated carbocycles. The molecule has 18 heavy (non-hydrogen) atoms. The third-order valence-electron chi connectivity index (χ3n) is 3.99. The lowest BCUT2D eigenvalue weighted by molar-refractivity contribution is 0.348. The highest BCUT2D eigenvalue weighted by Crippen LogP contribution is 2.52. The summed E-state index contributed by atoms with van der Waals surface area (Å²) in [7, 11) is 5.41. The van der Waals surface area contributed by atoms with Crippen molar-refractivity contribution in [3.05, 3.63) is 22.8 Å². The molecule has 3 heteroatoms. The lowest BCUT2D eigenvalue weighted by atomic mass is 9.83. The first-order chi connectivity index (χ1) is 8.46. The van der Waals surface area contributed by atoms with E-state index in [9.17, 15) is 0 Å². The number of fused-ring (bicyclic) bond motifs is 1. The van der Waals surface area contributed by atoms with Gasteiger partial charge in [-0.3, -0.25) is 0 Å². The highest BCUT2D eigenvalue weighted by Gasteiger charge is 2.40. The van der Waals surface area contributed by atoms with E-state index in [1.807, 2.05) is 7.05 Å². The van der Waals surface area contributed by atoms with E-state index in [-0.39, 0.29) is 5.41 Å². The summed E-state index contributed by atoms with van der Waals surface area (Å²) in [6.45, 7) is 6.74. The number of ether oxygens (including phenoxy) is 2. The molecule has 1 aliphatic carbocycles. The predicted molar refractivity (Wildman–Crippen MR) is 73.7 cm³/mol. The van der Waals surface area contributed by atoms with Crippen molar-refractivity contribution < 1.29 is 9.47 Å². The lowest BCUT2D eigenvalue weighted by Crippen LogP contribution is -2.17. The van der Waals surface area contributed by atoms with E-state index in [2.05, 4.69) is 32.2 Å². The standard InChI is InChI=1S/C15H23NO2/c1-9-7-11(17-5)14(18-6)12-10(16-4)8-15(2,3)13(9)12/h7,10,16H,8H2,1-6H3. The fraction of sp³-hybridized carbons (Fsp3) is 0.600. The summed E-state index contributed by atoms with van der Waals surface area (Å²) >= 11 is 0. The first-order valence-electron chi connectivity index (χ1n) is 6.39. The molecule has 0 aliphatic heterocycles. The Morgan fingerprint density at radius 1 is 1.28 bits per heavy atom. The number of hydrogen-bond acceptors (Lipinski definition) is 3. The van der Waals surface area contributed by atoms with Crippen molar-refractivity contribution in [2.45, 2.75) is 38.6 Å². The van der Waals surface area contributed by atoms with Crippen LogP contribution in [-0.4, -0.2) is 21.3 Å². The number of aryl methyl sites for hydroxylation is 1. The third-order valence-corrected chi connectivity index (χ3v) is 3.99. The van der Waals surface area contributed by atoms with Crippen LogP contribution in [0.3, 0.4) is 0 Å². The Hall–Kier alpha value is -1.22. The Balaban J connectivity index is 2.74. The summed E-state index contributed by atoms with van der Waals surface area (Å²) in [5.74, 6) is 1.70. The number of benzene rings is 1. The quantitative estimate of drug-likeness (QED) is 0.893. The van der Waals surface area contributed by atoms with Crippen molar-refractivity contribution in [2.24, 2.45) is 0 Å². The van der Waals surface area contributed by atoms with Crippen LogP contribution in [0.4, 0.5) is 0 Å². The number of methoxy groups -OCH3 is 2. The summed E-state index contributed by atoms with van der Waals surface area (Å²) in [5.41, 5.74) is 4.12. The van der Waals surface area contributed by atoms with Crippen LogP contribution in [0.1, 0.15) is 43.0 Å². The van der Waals surface area contributed by atoms with Gasteiger partial charge in [-0.1, -0.05) is 13.8 Å². The largest absolute Gasteiger partial charge is 0.493 e. The molecule has 1 aliphatic rings. The molecule has 0 fully saturated rings. The monoisotopic (exact) mass is 249 g/mol. The summed E-state index contributed by atoms with van der Waals surface area (Å²) in [6.07, 6.45) is 1.09. The first-order valence-corrected chi connectivity index (χ1v) is 6.39. The fourth-order valence-electron chi connectivity index (χ4n) is 3.35. The van der Waals surface area contributed by atoms with E-state index in [1.165, 1.54) is 16.7 Å². The van der Waals surface area contributed by atoms with Gasteiger partial charge >= 0.3 is 0 Å². The zero-order chi connectivity index (χ0) is 13.5. The van der Waals surface area contributed by atoms with Gasteiger partial charge in [-0.2, -0.15) is 0 Å². The fourth-order valence-corrected chi connectivity index (χ4v) is 3.35. The molecular weight excluding hydrogens is 226 g/mol. The molecule has 2 rings (SSSR count). The maximum Gasteiger partial charge on any atom is 0.165 e. The van der Waals surface area contributed by atoms with Gasteiger partial charge < -0.3 is 14.8 Å². The van der Waals surface area contributed by atoms with Gasteiger partial charge in [0.2, 0.25) is 0 Å². The average Bonchev–Trinajstić information content (AvgIpc) is 2.61. The van der Waals surface area contributed by atoms with Crippen LogP contribution in [0.2, 0.25) is 0 Å². The molecule has 1 N–H and O–H groups in total. The summed E-state index contributed by atoms with van der Waals surface area (Å²) in [4.78, 5) is 0. The van der Waals surface area contributed by atoms with Gasteiger partial charge in [0, 0.05) is 11.6 Å². The van der Waals surface area contributed by atoms with Gasteiger partial charge in [-0.05, 0) is 43.0 Å². The molecule has 0 bridgehead atoms. The molecule has 1 aromatic carbocycles. The normalized spacial score (nSPS) is 20.7. The molecule has 0 heterocycles. The predicted octanol–water partition coefficient (Wildman–Crippen LogP) is 2.95. The van der Waals surface area contributed by atoms with E-state index >= 15 is 0 Å². The molecule has 0 amide bonds. The molecule has 100 valence electrons. The van der Waals surface area contributed by atoms with Crippen molar-refractivity contribution in [2.75, 3.05) is 21.3 Å². The highest BCUT2D eigenvalue weighted by molar-refractivity contribution is 5.60. The van der Waals surface area contributed by atoms with Crippen LogP contribution >= 0.6 is 0 Å². The van der Waals surface area contributed by atoms with Crippen LogP contribution in [0, 0.1) is 6.92 Å². The lowest BCUT2D eigenvalue weighted by Gasteiger charge is -2.22. The summed E-state index contributed by atoms with van der Waals surface area (Å²) in [6, 6.07) is 2.41. The Bertz CT molecular complexity index is 466. The van der Waals surface area contributed by atoms with Crippen LogP contribution in [0.5, 0.6) is 11.5 Å². The van der Waals surface area contributed by atoms with E-state index < -0.39 is 0 Å². The third kappa shape index (κ3) is 1.77. The molecule has 0 saturated heterocycles. The Kier molecular flexibility index (Phi) is 3.28. The van der Waals surface area contributed by atoms with E-state index in [0.717, 1.165) is 17.9 Å². The van der Waals surface area contributed by atoms with Gasteiger partial charge in [0.05, 0.1) is 14.2 Å². The molecule has 0 radical (unpaired) electrons. The van der Waals surface area contributed by atoms with Gasteiger partial charge in [-0.15, -0.1) is 0 Å². The Labute approximate surface area is 109 Å². The maximum atomic E-state index is 5.59. The van der Waals surface area contributed by atoms with Gasteiger partial charge in [0.15, 0.2) is 11.5 Å². The number of rotatable bonds is 3. The smallest absolute Gasteiger partial charge is 0.165 e. The van der Waals surface area contributed by atoms with E-state index in [4.69, 9.17) is 9.47 Å². The molecule has 0 aromatic heterocycles. The van der Waals surface area contributed by atoms with Gasteiger partial charge in [0.25, 0.3) is 0 Å². The van der Waals surface area contributed by atoms with Gasteiger partial charge in [-0.25, -0.2) is 0 Å². The van der Waals surface area contributed by atoms with Crippen LogP contribution in [0.15, 0.2) is 6.07 Å². The van der Waals surface area contributed by atoms with Crippen molar-refractivity contribution >= 4 is 0 Å². The van der Waals surface area contributed by atoms with Crippen molar-refractivity contribution in [3.63, 3.8) is 0 Å². The van der Waals surface area contributed by atoms with E-state index in [0.29, 0.717) is 6.04 Å². The van der Waals surface area contributed by atoms with Crippen molar-refractivity contribution in [1.82, 2.24) is 5.32 Å². The molecule has 3 nitrogen and oxygen atoms in total. The Morgan fingerprint density at radius 2 is 1.94 bits per heavy atom. The van der Waals surface area contributed by atoms with Crippen LogP contribution in [-0.2, 0) is 5.41 Å². The second-order valence-corrected chi connectivity index (χ2v) is 5.65. The van der Waals surface area contributed by atoms with E-state index in [1.54, 1.807) is 14.2 Å². The highest BCUT2D eigenvalue weighted by atomic mass is 16.5. The SMILES string of the molecule is CNC1CC(C)(C)c2c(C)cc(OC)c(OC)c21. The zero-order valence-corrected chi connectivity index (χ0v) is 12.2. The molecular formula is C15H23NO2. The first kappa shape index (κ1) is 13.2. The molecule has 1 aromatic rings. The van der Waals surface area contributed by atoms with Crippen LogP contribution < -0.4 is 14.8 Å². The average molecular weight is 249 g/mol. The second kappa shape index (κ2) is 4.47. The molecule has 0 spiro atoms. The number of hydrogen-bond donors (Lipinski definition) is 1.